The van der Waals surface area contributed by atoms with Gasteiger partial charge in [0.2, 0.25) is 5.91 Å². The third-order valence-corrected chi connectivity index (χ3v) is 3.52. The second-order valence-electron chi connectivity index (χ2n) is 5.73. The van der Waals surface area contributed by atoms with E-state index >= 15 is 0 Å². The van der Waals surface area contributed by atoms with Crippen molar-refractivity contribution in [3.8, 4) is 5.75 Å². The van der Waals surface area contributed by atoms with Gasteiger partial charge in [0, 0.05) is 14.1 Å². The molecule has 1 aliphatic heterocycles. The minimum atomic E-state index is -0.559. The molecule has 1 N–H and O–H groups in total. The van der Waals surface area contributed by atoms with Crippen LogP contribution in [-0.4, -0.2) is 31.6 Å². The van der Waals surface area contributed by atoms with E-state index in [1.165, 1.54) is 5.56 Å². The molecule has 0 saturated carbocycles. The quantitative estimate of drug-likeness (QED) is 0.846. The van der Waals surface area contributed by atoms with Crippen molar-refractivity contribution >= 4 is 5.91 Å². The molecule has 0 fully saturated rings. The third-order valence-electron chi connectivity index (χ3n) is 3.52. The van der Waals surface area contributed by atoms with Gasteiger partial charge in [-0.2, -0.15) is 0 Å². The molecule has 4 heteroatoms. The SMILES string of the molecule is CN(C)NC(=O)C(C)(C)c1ccc2c(c1)CCCO2. The maximum Gasteiger partial charge on any atom is 0.244 e. The monoisotopic (exact) mass is 262 g/mol. The smallest absolute Gasteiger partial charge is 0.244 e. The molecule has 4 nitrogen and oxygen atoms in total. The fraction of sp³-hybridized carbons (Fsp3) is 0.533. The summed E-state index contributed by atoms with van der Waals surface area (Å²) in [5, 5.41) is 1.67. The average molecular weight is 262 g/mol. The maximum absolute atomic E-state index is 12.3. The fourth-order valence-electron chi connectivity index (χ4n) is 2.22. The van der Waals surface area contributed by atoms with Crippen LogP contribution in [0.5, 0.6) is 5.75 Å². The molecule has 0 saturated heterocycles. The predicted molar refractivity (Wildman–Crippen MR) is 75.1 cm³/mol. The van der Waals surface area contributed by atoms with Crippen LogP contribution in [0.1, 0.15) is 31.4 Å². The molecular formula is C15H22N2O2. The maximum atomic E-state index is 12.3. The van der Waals surface area contributed by atoms with E-state index in [0.717, 1.165) is 30.8 Å². The van der Waals surface area contributed by atoms with Crippen molar-refractivity contribution in [3.63, 3.8) is 0 Å². The Bertz CT molecular complexity index is 481. The standard InChI is InChI=1S/C15H22N2O2/c1-15(2,14(18)16-17(3)4)12-7-8-13-11(10-12)6-5-9-19-13/h7-8,10H,5-6,9H2,1-4H3,(H,16,18). The van der Waals surface area contributed by atoms with E-state index in [0.29, 0.717) is 0 Å². The zero-order valence-corrected chi connectivity index (χ0v) is 12.1. The minimum Gasteiger partial charge on any atom is -0.493 e. The molecule has 1 amide bonds. The van der Waals surface area contributed by atoms with Crippen LogP contribution in [0.3, 0.4) is 0 Å². The van der Waals surface area contributed by atoms with Gasteiger partial charge in [0.25, 0.3) is 0 Å². The molecule has 1 aromatic rings. The first-order chi connectivity index (χ1) is 8.91. The molecule has 1 aromatic carbocycles. The minimum absolute atomic E-state index is 0.00539. The topological polar surface area (TPSA) is 41.6 Å². The Morgan fingerprint density at radius 2 is 2.11 bits per heavy atom. The van der Waals surface area contributed by atoms with Crippen LogP contribution in [0.2, 0.25) is 0 Å². The molecule has 0 atom stereocenters. The number of hydrogen-bond acceptors (Lipinski definition) is 3. The van der Waals surface area contributed by atoms with E-state index in [4.69, 9.17) is 4.74 Å². The van der Waals surface area contributed by atoms with Crippen molar-refractivity contribution in [3.05, 3.63) is 29.3 Å². The summed E-state index contributed by atoms with van der Waals surface area (Å²) >= 11 is 0. The zero-order chi connectivity index (χ0) is 14.0. The fourth-order valence-corrected chi connectivity index (χ4v) is 2.22. The summed E-state index contributed by atoms with van der Waals surface area (Å²) in [6, 6.07) is 6.07. The van der Waals surface area contributed by atoms with Crippen molar-refractivity contribution < 1.29 is 9.53 Å². The molecule has 0 bridgehead atoms. The van der Waals surface area contributed by atoms with Crippen LogP contribution >= 0.6 is 0 Å². The molecule has 0 radical (unpaired) electrons. The lowest BCUT2D eigenvalue weighted by atomic mass is 9.82. The lowest BCUT2D eigenvalue weighted by molar-refractivity contribution is -0.129. The Morgan fingerprint density at radius 3 is 2.79 bits per heavy atom. The Kier molecular flexibility index (Phi) is 3.80. The Hall–Kier alpha value is -1.55. The lowest BCUT2D eigenvalue weighted by Crippen LogP contribution is -2.46. The number of carbonyl (C=O) groups is 1. The molecule has 1 heterocycles. The highest BCUT2D eigenvalue weighted by molar-refractivity contribution is 5.87. The highest BCUT2D eigenvalue weighted by atomic mass is 16.5. The predicted octanol–water partition coefficient (Wildman–Crippen LogP) is 1.88. The van der Waals surface area contributed by atoms with E-state index in [2.05, 4.69) is 11.5 Å². The van der Waals surface area contributed by atoms with Gasteiger partial charge in [-0.3, -0.25) is 10.2 Å². The van der Waals surface area contributed by atoms with Gasteiger partial charge in [-0.25, -0.2) is 5.01 Å². The first-order valence-corrected chi connectivity index (χ1v) is 6.66. The number of benzene rings is 1. The number of amides is 1. The Labute approximate surface area is 114 Å². The van der Waals surface area contributed by atoms with Gasteiger partial charge in [-0.1, -0.05) is 12.1 Å². The third kappa shape index (κ3) is 2.89. The molecule has 0 aliphatic carbocycles. The number of hydrogen-bond donors (Lipinski definition) is 1. The van der Waals surface area contributed by atoms with Crippen molar-refractivity contribution in [2.45, 2.75) is 32.1 Å². The number of aryl methyl sites for hydroxylation is 1. The van der Waals surface area contributed by atoms with Crippen LogP contribution < -0.4 is 10.2 Å². The van der Waals surface area contributed by atoms with E-state index < -0.39 is 5.41 Å². The van der Waals surface area contributed by atoms with Gasteiger partial charge in [-0.15, -0.1) is 0 Å². The Morgan fingerprint density at radius 1 is 1.37 bits per heavy atom. The summed E-state index contributed by atoms with van der Waals surface area (Å²) in [7, 11) is 3.63. The number of nitrogens with zero attached hydrogens (tertiary/aromatic N) is 1. The highest BCUT2D eigenvalue weighted by Gasteiger charge is 2.31. The molecule has 104 valence electrons. The normalized spacial score (nSPS) is 14.8. The average Bonchev–Trinajstić information content (AvgIpc) is 2.37. The van der Waals surface area contributed by atoms with Gasteiger partial charge in [-0.05, 0) is 43.9 Å². The number of rotatable bonds is 3. The number of ether oxygens (including phenoxy) is 1. The zero-order valence-electron chi connectivity index (χ0n) is 12.1. The van der Waals surface area contributed by atoms with E-state index in [-0.39, 0.29) is 5.91 Å². The van der Waals surface area contributed by atoms with Crippen molar-refractivity contribution in [1.29, 1.82) is 0 Å². The summed E-state index contributed by atoms with van der Waals surface area (Å²) in [5.41, 5.74) is 4.49. The van der Waals surface area contributed by atoms with Gasteiger partial charge in [0.15, 0.2) is 0 Å². The van der Waals surface area contributed by atoms with Crippen LogP contribution in [0.15, 0.2) is 18.2 Å². The number of nitrogens with one attached hydrogen (secondary N) is 1. The van der Waals surface area contributed by atoms with Gasteiger partial charge in [0.1, 0.15) is 5.75 Å². The van der Waals surface area contributed by atoms with Crippen LogP contribution in [0.4, 0.5) is 0 Å². The van der Waals surface area contributed by atoms with E-state index in [9.17, 15) is 4.79 Å². The second kappa shape index (κ2) is 5.21. The summed E-state index contributed by atoms with van der Waals surface area (Å²) in [5.74, 6) is 0.952. The molecule has 2 rings (SSSR count). The first-order valence-electron chi connectivity index (χ1n) is 6.66. The lowest BCUT2D eigenvalue weighted by Gasteiger charge is -2.28. The summed E-state index contributed by atoms with van der Waals surface area (Å²) < 4.78 is 5.61. The largest absolute Gasteiger partial charge is 0.493 e. The van der Waals surface area contributed by atoms with Crippen LogP contribution in [-0.2, 0) is 16.6 Å². The van der Waals surface area contributed by atoms with Crippen LogP contribution in [0.25, 0.3) is 0 Å². The first kappa shape index (κ1) is 13.9. The van der Waals surface area contributed by atoms with E-state index in [1.54, 1.807) is 5.01 Å². The molecular weight excluding hydrogens is 240 g/mol. The second-order valence-corrected chi connectivity index (χ2v) is 5.73. The number of fused-ring (bicyclic) bond motifs is 1. The molecule has 0 spiro atoms. The summed E-state index contributed by atoms with van der Waals surface area (Å²) in [4.78, 5) is 12.3. The molecule has 19 heavy (non-hydrogen) atoms. The summed E-state index contributed by atoms with van der Waals surface area (Å²) in [6.45, 7) is 4.67. The molecule has 0 aromatic heterocycles. The van der Waals surface area contributed by atoms with Gasteiger partial charge < -0.3 is 4.74 Å². The molecule has 0 unspecified atom stereocenters. The summed E-state index contributed by atoms with van der Waals surface area (Å²) in [6.07, 6.45) is 2.06. The number of carbonyl (C=O) groups excluding carboxylic acids is 1. The van der Waals surface area contributed by atoms with Gasteiger partial charge in [0.05, 0.1) is 12.0 Å². The highest BCUT2D eigenvalue weighted by Crippen LogP contribution is 2.31. The van der Waals surface area contributed by atoms with Gasteiger partial charge >= 0.3 is 0 Å². The van der Waals surface area contributed by atoms with Crippen molar-refractivity contribution in [2.24, 2.45) is 0 Å². The van der Waals surface area contributed by atoms with Crippen LogP contribution in [0, 0.1) is 0 Å². The molecule has 1 aliphatic rings. The van der Waals surface area contributed by atoms with Crippen molar-refractivity contribution in [2.75, 3.05) is 20.7 Å². The van der Waals surface area contributed by atoms with Crippen molar-refractivity contribution in [1.82, 2.24) is 10.4 Å². The number of hydrazine groups is 1. The Balaban J connectivity index is 2.27. The van der Waals surface area contributed by atoms with E-state index in [1.807, 2.05) is 40.1 Å².